The highest BCUT2D eigenvalue weighted by Crippen LogP contribution is 2.29. The molecule has 0 aliphatic heterocycles. The fourth-order valence-corrected chi connectivity index (χ4v) is 4.52. The first-order chi connectivity index (χ1) is 19.4. The number of fused-ring (bicyclic) bond motifs is 1. The van der Waals surface area contributed by atoms with E-state index in [0.29, 0.717) is 19.0 Å². The molecule has 0 unspecified atom stereocenters. The first-order valence-corrected chi connectivity index (χ1v) is 14.6. The number of aryl methyl sites for hydroxylation is 1. The van der Waals surface area contributed by atoms with E-state index in [2.05, 4.69) is 30.6 Å². The van der Waals surface area contributed by atoms with Crippen molar-refractivity contribution in [3.8, 4) is 22.4 Å². The topological polar surface area (TPSA) is 159 Å². The molecule has 4 heterocycles. The SMILES string of the molecule is Cc1cc(-c2ncnn3cc(-c4cnn(CCOS(C)(=O)=O)c4)cc23)ccc1CNC(=O)c1noc(C(C)(C)C)n1. The summed E-state index contributed by atoms with van der Waals surface area (Å²) in [6.07, 6.45) is 7.92. The van der Waals surface area contributed by atoms with Crippen LogP contribution >= 0.6 is 0 Å². The molecule has 1 aromatic carbocycles. The van der Waals surface area contributed by atoms with Gasteiger partial charge in [-0.1, -0.05) is 38.1 Å². The summed E-state index contributed by atoms with van der Waals surface area (Å²) in [5, 5.41) is 15.3. The largest absolute Gasteiger partial charge is 0.345 e. The Balaban J connectivity index is 1.31. The molecule has 1 amide bonds. The van der Waals surface area contributed by atoms with Crippen LogP contribution in [0.2, 0.25) is 0 Å². The number of rotatable bonds is 9. The van der Waals surface area contributed by atoms with Crippen molar-refractivity contribution in [3.05, 3.63) is 72.0 Å². The maximum absolute atomic E-state index is 12.6. The van der Waals surface area contributed by atoms with Crippen molar-refractivity contribution in [2.24, 2.45) is 0 Å². The van der Waals surface area contributed by atoms with Gasteiger partial charge in [0.2, 0.25) is 5.89 Å². The second kappa shape index (κ2) is 10.9. The summed E-state index contributed by atoms with van der Waals surface area (Å²) in [5.41, 5.74) is 5.76. The lowest BCUT2D eigenvalue weighted by atomic mass is 9.97. The minimum absolute atomic E-state index is 0.00157. The normalized spacial score (nSPS) is 12.2. The lowest BCUT2D eigenvalue weighted by molar-refractivity contribution is 0.0937. The average Bonchev–Trinajstić information content (AvgIpc) is 3.66. The van der Waals surface area contributed by atoms with Crippen molar-refractivity contribution in [3.63, 3.8) is 0 Å². The van der Waals surface area contributed by atoms with Crippen molar-refractivity contribution < 1.29 is 21.9 Å². The van der Waals surface area contributed by atoms with Crippen molar-refractivity contribution in [2.75, 3.05) is 12.9 Å². The number of carbonyl (C=O) groups is 1. The molecular formula is C27H30N8O5S. The quantitative estimate of drug-likeness (QED) is 0.257. The van der Waals surface area contributed by atoms with Gasteiger partial charge in [-0.25, -0.2) is 9.50 Å². The summed E-state index contributed by atoms with van der Waals surface area (Å²) in [5.74, 6) is 0.00233. The lowest BCUT2D eigenvalue weighted by Crippen LogP contribution is -2.24. The maximum atomic E-state index is 12.6. The van der Waals surface area contributed by atoms with E-state index in [-0.39, 0.29) is 17.8 Å². The molecular weight excluding hydrogens is 548 g/mol. The molecule has 1 N–H and O–H groups in total. The monoisotopic (exact) mass is 578 g/mol. The molecule has 14 heteroatoms. The first kappa shape index (κ1) is 28.1. The third-order valence-electron chi connectivity index (χ3n) is 6.32. The molecule has 5 aromatic rings. The van der Waals surface area contributed by atoms with Crippen LogP contribution in [0.1, 0.15) is 48.4 Å². The minimum Gasteiger partial charge on any atom is -0.345 e. The molecule has 41 heavy (non-hydrogen) atoms. The van der Waals surface area contributed by atoms with Gasteiger partial charge in [-0.15, -0.1) is 0 Å². The van der Waals surface area contributed by atoms with Crippen LogP contribution in [-0.2, 0) is 32.8 Å². The second-order valence-electron chi connectivity index (χ2n) is 10.7. The van der Waals surface area contributed by atoms with E-state index >= 15 is 0 Å². The summed E-state index contributed by atoms with van der Waals surface area (Å²) >= 11 is 0. The number of nitrogens with zero attached hydrogens (tertiary/aromatic N) is 7. The van der Waals surface area contributed by atoms with Gasteiger partial charge < -0.3 is 9.84 Å². The number of nitrogens with one attached hydrogen (secondary N) is 1. The Bertz CT molecular complexity index is 1830. The Hall–Kier alpha value is -4.43. The molecule has 5 rings (SSSR count). The molecule has 0 saturated carbocycles. The standard InChI is InChI=1S/C27H30N8O5S/c1-17-10-18(6-7-19(17)12-28-25(36)24-32-26(40-33-24)27(2,3)4)23-22-11-20(15-35(22)31-16-29-23)21-13-30-34(14-21)8-9-39-41(5,37)38/h6-7,10-11,13-16H,8-9,12H2,1-5H3,(H,28,36). The van der Waals surface area contributed by atoms with Crippen LogP contribution in [0.4, 0.5) is 0 Å². The summed E-state index contributed by atoms with van der Waals surface area (Å²) in [6.45, 7) is 8.38. The molecule has 4 aromatic heterocycles. The summed E-state index contributed by atoms with van der Waals surface area (Å²) < 4.78 is 35.8. The molecule has 0 aliphatic carbocycles. The number of benzene rings is 1. The van der Waals surface area contributed by atoms with Crippen LogP contribution in [0, 0.1) is 6.92 Å². The molecule has 0 spiro atoms. The second-order valence-corrected chi connectivity index (χ2v) is 12.3. The Morgan fingerprint density at radius 1 is 1.10 bits per heavy atom. The number of hydrogen-bond acceptors (Lipinski definition) is 10. The van der Waals surface area contributed by atoms with Crippen LogP contribution in [0.5, 0.6) is 0 Å². The van der Waals surface area contributed by atoms with E-state index in [1.165, 1.54) is 6.33 Å². The van der Waals surface area contributed by atoms with E-state index in [0.717, 1.165) is 45.3 Å². The van der Waals surface area contributed by atoms with E-state index in [1.54, 1.807) is 15.4 Å². The van der Waals surface area contributed by atoms with E-state index in [4.69, 9.17) is 8.71 Å². The highest BCUT2D eigenvalue weighted by molar-refractivity contribution is 7.85. The van der Waals surface area contributed by atoms with E-state index in [9.17, 15) is 13.2 Å². The average molecular weight is 579 g/mol. The van der Waals surface area contributed by atoms with Gasteiger partial charge in [-0.3, -0.25) is 13.7 Å². The Kier molecular flexibility index (Phi) is 7.44. The molecule has 214 valence electrons. The van der Waals surface area contributed by atoms with Crippen molar-refractivity contribution in [1.29, 1.82) is 0 Å². The third kappa shape index (κ3) is 6.49. The summed E-state index contributed by atoms with van der Waals surface area (Å²) in [6, 6.07) is 7.90. The number of amides is 1. The molecule has 0 aliphatic rings. The zero-order chi connectivity index (χ0) is 29.4. The lowest BCUT2D eigenvalue weighted by Gasteiger charge is -2.10. The van der Waals surface area contributed by atoms with Crippen LogP contribution < -0.4 is 5.32 Å². The van der Waals surface area contributed by atoms with Crippen LogP contribution in [0.3, 0.4) is 0 Å². The van der Waals surface area contributed by atoms with Gasteiger partial charge in [0.05, 0.1) is 36.8 Å². The fourth-order valence-electron chi connectivity index (χ4n) is 4.14. The van der Waals surface area contributed by atoms with Gasteiger partial charge in [-0.05, 0) is 30.2 Å². The molecule has 0 radical (unpaired) electrons. The predicted octanol–water partition coefficient (Wildman–Crippen LogP) is 3.15. The first-order valence-electron chi connectivity index (χ1n) is 12.8. The molecule has 0 atom stereocenters. The molecule has 0 bridgehead atoms. The summed E-state index contributed by atoms with van der Waals surface area (Å²) in [7, 11) is -3.50. The maximum Gasteiger partial charge on any atom is 0.292 e. The number of carbonyl (C=O) groups excluding carboxylic acids is 1. The fraction of sp³-hybridized carbons (Fsp3) is 0.333. The smallest absolute Gasteiger partial charge is 0.292 e. The third-order valence-corrected chi connectivity index (χ3v) is 6.91. The molecule has 0 fully saturated rings. The molecule has 0 saturated heterocycles. The van der Waals surface area contributed by atoms with Crippen LogP contribution in [0.15, 0.2) is 53.7 Å². The minimum atomic E-state index is -3.50. The Labute approximate surface area is 236 Å². The molecule has 13 nitrogen and oxygen atoms in total. The van der Waals surface area contributed by atoms with E-state index in [1.807, 2.05) is 64.4 Å². The summed E-state index contributed by atoms with van der Waals surface area (Å²) in [4.78, 5) is 21.3. The zero-order valence-electron chi connectivity index (χ0n) is 23.3. The Morgan fingerprint density at radius 2 is 1.90 bits per heavy atom. The Morgan fingerprint density at radius 3 is 2.61 bits per heavy atom. The highest BCUT2D eigenvalue weighted by Gasteiger charge is 2.24. The van der Waals surface area contributed by atoms with Crippen molar-refractivity contribution >= 4 is 21.5 Å². The van der Waals surface area contributed by atoms with Gasteiger partial charge >= 0.3 is 0 Å². The predicted molar refractivity (Wildman–Crippen MR) is 149 cm³/mol. The van der Waals surface area contributed by atoms with Gasteiger partial charge in [0, 0.05) is 41.0 Å². The number of aromatic nitrogens is 7. The number of hydrogen-bond donors (Lipinski definition) is 1. The van der Waals surface area contributed by atoms with Crippen molar-refractivity contribution in [1.82, 2.24) is 39.8 Å². The van der Waals surface area contributed by atoms with Crippen LogP contribution in [-0.4, -0.2) is 61.7 Å². The van der Waals surface area contributed by atoms with Gasteiger partial charge in [0.1, 0.15) is 6.33 Å². The zero-order valence-corrected chi connectivity index (χ0v) is 24.1. The van der Waals surface area contributed by atoms with Gasteiger partial charge in [0.25, 0.3) is 21.8 Å². The van der Waals surface area contributed by atoms with Gasteiger partial charge in [0.15, 0.2) is 0 Å². The van der Waals surface area contributed by atoms with Crippen LogP contribution in [0.25, 0.3) is 27.9 Å². The van der Waals surface area contributed by atoms with Crippen molar-refractivity contribution in [2.45, 2.75) is 46.2 Å². The highest BCUT2D eigenvalue weighted by atomic mass is 32.2. The van der Waals surface area contributed by atoms with E-state index < -0.39 is 16.0 Å². The van der Waals surface area contributed by atoms with Gasteiger partial charge in [-0.2, -0.15) is 23.6 Å².